The Morgan fingerprint density at radius 2 is 1.85 bits per heavy atom. The number of nitrogens with one attached hydrogen (secondary N) is 1. The van der Waals surface area contributed by atoms with Crippen molar-refractivity contribution in [1.29, 1.82) is 0 Å². The van der Waals surface area contributed by atoms with Crippen molar-refractivity contribution < 1.29 is 18.6 Å². The summed E-state index contributed by atoms with van der Waals surface area (Å²) in [7, 11) is 0. The number of hydrogen-bond acceptors (Lipinski definition) is 7. The highest BCUT2D eigenvalue weighted by Crippen LogP contribution is 2.50. The first-order chi connectivity index (χ1) is 19.8. The largest absolute Gasteiger partial charge is 0.508 e. The number of phenolic OH excluding ortho intramolecular Hbond substituents is 1. The number of hydrogen-bond donors (Lipinski definition) is 2. The van der Waals surface area contributed by atoms with Gasteiger partial charge in [0.1, 0.15) is 30.2 Å². The number of halogens is 3. The van der Waals surface area contributed by atoms with E-state index in [0.717, 1.165) is 63.7 Å². The number of nitrogens with zero attached hydrogens (tertiary/aromatic N) is 4. The Morgan fingerprint density at radius 1 is 1.05 bits per heavy atom. The Morgan fingerprint density at radius 3 is 2.63 bits per heavy atom. The zero-order chi connectivity index (χ0) is 27.9. The van der Waals surface area contributed by atoms with Crippen LogP contribution in [0.5, 0.6) is 11.8 Å². The lowest BCUT2D eigenvalue weighted by Crippen LogP contribution is -2.51. The zero-order valence-electron chi connectivity index (χ0n) is 22.9. The van der Waals surface area contributed by atoms with Gasteiger partial charge in [0.25, 0.3) is 0 Å². The summed E-state index contributed by atoms with van der Waals surface area (Å²) in [4.78, 5) is 14.1. The minimum absolute atomic E-state index is 0.000641. The summed E-state index contributed by atoms with van der Waals surface area (Å²) in [6.45, 7) is 3.22. The molecule has 3 aromatic rings. The van der Waals surface area contributed by atoms with Gasteiger partial charge in [-0.2, -0.15) is 9.97 Å². The standard InChI is InChI=1S/C31H34ClF2N5O2/c32-25-9-21(40)8-23(28(25)17-2-3-17)22-11-27-24(10-26(22)34)29(38-14-19-4-5-20(15-38)35-19)37-30(36-27)41-16-31-6-1-7-39(31)13-18(33)12-31/h8-11,17-20,35,40H,1-7,12-16H2/t18-,19?,20?,31+/m1/s1. The predicted molar refractivity (Wildman–Crippen MR) is 154 cm³/mol. The van der Waals surface area contributed by atoms with E-state index in [4.69, 9.17) is 26.3 Å². The van der Waals surface area contributed by atoms with Gasteiger partial charge in [0, 0.05) is 54.1 Å². The fraction of sp³-hybridized carbons (Fsp3) is 0.548. The molecular formula is C31H34ClF2N5O2. The molecule has 5 aliphatic rings. The Bertz CT molecular complexity index is 1520. The first-order valence-corrected chi connectivity index (χ1v) is 15.3. The molecule has 0 radical (unpaired) electrons. The van der Waals surface area contributed by atoms with Crippen molar-refractivity contribution in [2.75, 3.05) is 37.7 Å². The van der Waals surface area contributed by atoms with Crippen LogP contribution in [-0.4, -0.2) is 76.6 Å². The molecule has 10 heteroatoms. The lowest BCUT2D eigenvalue weighted by atomic mass is 9.94. The van der Waals surface area contributed by atoms with Gasteiger partial charge in [0.05, 0.1) is 11.1 Å². The van der Waals surface area contributed by atoms with Crippen LogP contribution in [0.15, 0.2) is 24.3 Å². The van der Waals surface area contributed by atoms with E-state index in [0.29, 0.717) is 64.5 Å². The van der Waals surface area contributed by atoms with Gasteiger partial charge in [0.15, 0.2) is 0 Å². The van der Waals surface area contributed by atoms with Gasteiger partial charge in [-0.1, -0.05) is 11.6 Å². The van der Waals surface area contributed by atoms with E-state index in [9.17, 15) is 9.50 Å². The molecule has 4 aliphatic heterocycles. The lowest BCUT2D eigenvalue weighted by Gasteiger charge is -2.34. The molecule has 5 fully saturated rings. The fourth-order valence-electron chi connectivity index (χ4n) is 7.86. The number of benzene rings is 2. The van der Waals surface area contributed by atoms with E-state index >= 15 is 4.39 Å². The summed E-state index contributed by atoms with van der Waals surface area (Å²) < 4.78 is 36.7. The summed E-state index contributed by atoms with van der Waals surface area (Å²) in [6.07, 6.45) is 5.74. The van der Waals surface area contributed by atoms with Crippen LogP contribution in [0, 0.1) is 5.82 Å². The number of aromatic nitrogens is 2. The van der Waals surface area contributed by atoms with E-state index in [1.54, 1.807) is 12.1 Å². The fourth-order valence-corrected chi connectivity index (χ4v) is 8.22. The molecule has 4 saturated heterocycles. The Kier molecular flexibility index (Phi) is 6.10. The SMILES string of the molecule is Oc1cc(Cl)c(C2CC2)c(-c2cc3nc(OC[C@@]45CCCN4C[C@H](F)C5)nc(N4CC5CCC(C4)N5)c3cc2F)c1. The van der Waals surface area contributed by atoms with Crippen LogP contribution < -0.4 is 15.0 Å². The van der Waals surface area contributed by atoms with Gasteiger partial charge in [-0.15, -0.1) is 0 Å². The molecule has 2 N–H and O–H groups in total. The summed E-state index contributed by atoms with van der Waals surface area (Å²) in [5.74, 6) is 0.517. The van der Waals surface area contributed by atoms with Gasteiger partial charge in [-0.25, -0.2) is 8.78 Å². The molecular weight excluding hydrogens is 548 g/mol. The first-order valence-electron chi connectivity index (χ1n) is 14.9. The quantitative estimate of drug-likeness (QED) is 0.394. The minimum atomic E-state index is -0.844. The topological polar surface area (TPSA) is 73.8 Å². The van der Waals surface area contributed by atoms with Gasteiger partial charge in [-0.3, -0.25) is 4.90 Å². The molecule has 1 aromatic heterocycles. The Balaban J connectivity index is 1.23. The number of phenols is 1. The van der Waals surface area contributed by atoms with Crippen molar-refractivity contribution in [3.63, 3.8) is 0 Å². The van der Waals surface area contributed by atoms with Crippen LogP contribution in [0.1, 0.15) is 56.4 Å². The average Bonchev–Trinajstić information content (AvgIpc) is 3.51. The monoisotopic (exact) mass is 581 g/mol. The van der Waals surface area contributed by atoms with Crippen molar-refractivity contribution in [3.05, 3.63) is 40.7 Å². The maximum atomic E-state index is 16.0. The van der Waals surface area contributed by atoms with Crippen LogP contribution in [0.3, 0.4) is 0 Å². The molecule has 1 aliphatic carbocycles. The van der Waals surface area contributed by atoms with Crippen molar-refractivity contribution >= 4 is 28.3 Å². The zero-order valence-corrected chi connectivity index (χ0v) is 23.6. The lowest BCUT2D eigenvalue weighted by molar-refractivity contribution is 0.107. The second kappa shape index (κ2) is 9.64. The first kappa shape index (κ1) is 25.9. The third-order valence-corrected chi connectivity index (χ3v) is 10.2. The van der Waals surface area contributed by atoms with Crippen LogP contribution in [0.4, 0.5) is 14.6 Å². The molecule has 1 saturated carbocycles. The van der Waals surface area contributed by atoms with Crippen LogP contribution in [0.25, 0.3) is 22.0 Å². The highest BCUT2D eigenvalue weighted by Gasteiger charge is 2.49. The van der Waals surface area contributed by atoms with Crippen molar-refractivity contribution in [3.8, 4) is 22.9 Å². The van der Waals surface area contributed by atoms with Crippen molar-refractivity contribution in [1.82, 2.24) is 20.2 Å². The Labute approximate surface area is 242 Å². The molecule has 7 nitrogen and oxygen atoms in total. The number of rotatable bonds is 6. The van der Waals surface area contributed by atoms with Crippen LogP contribution in [0.2, 0.25) is 5.02 Å². The van der Waals surface area contributed by atoms with E-state index in [1.807, 2.05) is 0 Å². The normalized spacial score (nSPS) is 29.4. The van der Waals surface area contributed by atoms with Crippen LogP contribution >= 0.6 is 11.6 Å². The third-order valence-electron chi connectivity index (χ3n) is 9.88. The molecule has 8 rings (SSSR count). The number of anilines is 1. The maximum absolute atomic E-state index is 16.0. The summed E-state index contributed by atoms with van der Waals surface area (Å²) in [5, 5.41) is 15.1. The van der Waals surface area contributed by atoms with E-state index < -0.39 is 12.0 Å². The highest BCUT2D eigenvalue weighted by atomic mass is 35.5. The van der Waals surface area contributed by atoms with Gasteiger partial charge >= 0.3 is 6.01 Å². The number of alkyl halides is 1. The average molecular weight is 582 g/mol. The highest BCUT2D eigenvalue weighted by molar-refractivity contribution is 6.32. The third kappa shape index (κ3) is 4.51. The predicted octanol–water partition coefficient (Wildman–Crippen LogP) is 5.57. The summed E-state index contributed by atoms with van der Waals surface area (Å²) in [5.41, 5.74) is 2.07. The van der Waals surface area contributed by atoms with E-state index in [1.165, 1.54) is 12.1 Å². The molecule has 0 spiro atoms. The number of fused-ring (bicyclic) bond motifs is 4. The van der Waals surface area contributed by atoms with Crippen molar-refractivity contribution in [2.24, 2.45) is 0 Å². The summed E-state index contributed by atoms with van der Waals surface area (Å²) >= 11 is 6.56. The molecule has 2 unspecified atom stereocenters. The molecule has 0 amide bonds. The molecule has 41 heavy (non-hydrogen) atoms. The molecule has 216 valence electrons. The van der Waals surface area contributed by atoms with E-state index in [2.05, 4.69) is 15.1 Å². The van der Waals surface area contributed by atoms with Gasteiger partial charge < -0.3 is 20.1 Å². The molecule has 2 aromatic carbocycles. The maximum Gasteiger partial charge on any atom is 0.319 e. The molecule has 4 atom stereocenters. The Hall–Kier alpha value is -2.75. The molecule has 2 bridgehead atoms. The van der Waals surface area contributed by atoms with Crippen LogP contribution in [-0.2, 0) is 0 Å². The number of piperazine rings is 1. The second-order valence-electron chi connectivity index (χ2n) is 12.7. The van der Waals surface area contributed by atoms with Gasteiger partial charge in [-0.05, 0) is 86.4 Å². The summed E-state index contributed by atoms with van der Waals surface area (Å²) in [6, 6.07) is 7.35. The van der Waals surface area contributed by atoms with Crippen molar-refractivity contribution in [2.45, 2.75) is 74.7 Å². The van der Waals surface area contributed by atoms with Gasteiger partial charge in [0.2, 0.25) is 0 Å². The smallest absolute Gasteiger partial charge is 0.319 e. The van der Waals surface area contributed by atoms with E-state index in [-0.39, 0.29) is 23.2 Å². The minimum Gasteiger partial charge on any atom is -0.508 e. The molecule has 5 heterocycles. The number of ether oxygens (including phenoxy) is 1. The second-order valence-corrected chi connectivity index (χ2v) is 13.2. The number of aromatic hydroxyl groups is 1.